The Hall–Kier alpha value is -2.41. The number of carbonyl (C=O) groups is 2. The molecule has 0 N–H and O–H groups in total. The van der Waals surface area contributed by atoms with Crippen LogP contribution in [0.25, 0.3) is 0 Å². The van der Waals surface area contributed by atoms with Crippen molar-refractivity contribution >= 4 is 23.2 Å². The maximum atomic E-state index is 13.5. The number of hydrogen-bond acceptors (Lipinski definition) is 7. The van der Waals surface area contributed by atoms with Crippen LogP contribution >= 0.6 is 11.6 Å². The number of Topliss-reactive ketones (excluding diaryl/α,β-unsaturated/α-hetero) is 1. The van der Waals surface area contributed by atoms with Gasteiger partial charge < -0.3 is 23.7 Å². The molecule has 1 aliphatic heterocycles. The molecule has 1 heterocycles. The SMILES string of the molecule is COC1=CC(=O)C[C@@H](C)[C@]12Oc1c(Cl)c(OC)c(OC)c(OC)c1C2=O. The molecule has 1 aromatic carbocycles. The van der Waals surface area contributed by atoms with Crippen LogP contribution in [0.1, 0.15) is 23.7 Å². The summed E-state index contributed by atoms with van der Waals surface area (Å²) in [6, 6.07) is 0. The molecule has 0 amide bonds. The predicted molar refractivity (Wildman–Crippen MR) is 92.7 cm³/mol. The second-order valence-electron chi connectivity index (χ2n) is 6.07. The summed E-state index contributed by atoms with van der Waals surface area (Å²) >= 11 is 6.44. The Morgan fingerprint density at radius 1 is 1.04 bits per heavy atom. The fraction of sp³-hybridized carbons (Fsp3) is 0.444. The third-order valence-electron chi connectivity index (χ3n) is 4.78. The maximum Gasteiger partial charge on any atom is 0.231 e. The molecule has 2 atom stereocenters. The maximum absolute atomic E-state index is 13.5. The summed E-state index contributed by atoms with van der Waals surface area (Å²) in [7, 11) is 5.63. The minimum absolute atomic E-state index is 0.0879. The number of fused-ring (bicyclic) bond motifs is 1. The summed E-state index contributed by atoms with van der Waals surface area (Å²) in [5, 5.41) is 0.0879. The van der Waals surface area contributed by atoms with Gasteiger partial charge in [0.05, 0.1) is 28.4 Å². The smallest absolute Gasteiger partial charge is 0.231 e. The van der Waals surface area contributed by atoms with Gasteiger partial charge in [0.25, 0.3) is 0 Å². The van der Waals surface area contributed by atoms with E-state index in [1.54, 1.807) is 6.92 Å². The van der Waals surface area contributed by atoms with E-state index < -0.39 is 17.3 Å². The number of benzene rings is 1. The van der Waals surface area contributed by atoms with E-state index in [1.165, 1.54) is 34.5 Å². The molecule has 2 aliphatic rings. The second kappa shape index (κ2) is 6.39. The summed E-state index contributed by atoms with van der Waals surface area (Å²) in [6.07, 6.45) is 1.43. The zero-order chi connectivity index (χ0) is 19.2. The Labute approximate surface area is 155 Å². The molecule has 0 fully saturated rings. The lowest BCUT2D eigenvalue weighted by Crippen LogP contribution is -2.51. The summed E-state index contributed by atoms with van der Waals surface area (Å²) < 4.78 is 27.5. The molecule has 0 aromatic heterocycles. The monoisotopic (exact) mass is 382 g/mol. The molecule has 7 nitrogen and oxygen atoms in total. The molecule has 3 rings (SSSR count). The quantitative estimate of drug-likeness (QED) is 0.792. The Balaban J connectivity index is 2.32. The fourth-order valence-electron chi connectivity index (χ4n) is 3.59. The van der Waals surface area contributed by atoms with Crippen LogP contribution < -0.4 is 18.9 Å². The fourth-order valence-corrected chi connectivity index (χ4v) is 3.88. The molecule has 0 bridgehead atoms. The van der Waals surface area contributed by atoms with Crippen molar-refractivity contribution in [2.45, 2.75) is 18.9 Å². The second-order valence-corrected chi connectivity index (χ2v) is 6.45. The van der Waals surface area contributed by atoms with Crippen LogP contribution in [0, 0.1) is 5.92 Å². The first-order valence-electron chi connectivity index (χ1n) is 7.91. The van der Waals surface area contributed by atoms with Gasteiger partial charge in [0.2, 0.25) is 17.1 Å². The lowest BCUT2D eigenvalue weighted by Gasteiger charge is -2.36. The molecule has 26 heavy (non-hydrogen) atoms. The average Bonchev–Trinajstić information content (AvgIpc) is 2.93. The van der Waals surface area contributed by atoms with E-state index >= 15 is 0 Å². The van der Waals surface area contributed by atoms with Crippen molar-refractivity contribution in [1.82, 2.24) is 0 Å². The van der Waals surface area contributed by atoms with Crippen LogP contribution in [0.4, 0.5) is 0 Å². The lowest BCUT2D eigenvalue weighted by molar-refractivity contribution is -0.118. The lowest BCUT2D eigenvalue weighted by atomic mass is 9.75. The molecule has 0 saturated heterocycles. The largest absolute Gasteiger partial charge is 0.496 e. The van der Waals surface area contributed by atoms with Gasteiger partial charge in [-0.3, -0.25) is 9.59 Å². The number of hydrogen-bond donors (Lipinski definition) is 0. The molecule has 0 saturated carbocycles. The molecule has 1 spiro atoms. The first-order valence-corrected chi connectivity index (χ1v) is 8.29. The number of methoxy groups -OCH3 is 4. The van der Waals surface area contributed by atoms with Crippen molar-refractivity contribution in [2.75, 3.05) is 28.4 Å². The number of ketones is 2. The highest BCUT2D eigenvalue weighted by atomic mass is 35.5. The van der Waals surface area contributed by atoms with Crippen molar-refractivity contribution in [3.05, 3.63) is 22.4 Å². The molecular weight excluding hydrogens is 364 g/mol. The third kappa shape index (κ3) is 2.19. The van der Waals surface area contributed by atoms with Crippen LogP contribution in [0.5, 0.6) is 23.0 Å². The first kappa shape index (κ1) is 18.4. The highest BCUT2D eigenvalue weighted by Crippen LogP contribution is 2.58. The minimum Gasteiger partial charge on any atom is -0.496 e. The minimum atomic E-state index is -1.49. The van der Waals surface area contributed by atoms with Crippen LogP contribution in [-0.2, 0) is 9.53 Å². The van der Waals surface area contributed by atoms with E-state index in [2.05, 4.69) is 0 Å². The Bertz CT molecular complexity index is 830. The molecule has 0 unspecified atom stereocenters. The number of rotatable bonds is 4. The predicted octanol–water partition coefficient (Wildman–Crippen LogP) is 2.82. The summed E-state index contributed by atoms with van der Waals surface area (Å²) in [5.41, 5.74) is -1.35. The van der Waals surface area contributed by atoms with Gasteiger partial charge in [0.15, 0.2) is 28.8 Å². The first-order chi connectivity index (χ1) is 12.4. The van der Waals surface area contributed by atoms with E-state index in [0.717, 1.165) is 0 Å². The van der Waals surface area contributed by atoms with Gasteiger partial charge in [0, 0.05) is 18.4 Å². The number of halogens is 1. The van der Waals surface area contributed by atoms with Crippen molar-refractivity contribution < 1.29 is 33.3 Å². The Morgan fingerprint density at radius 2 is 1.65 bits per heavy atom. The normalized spacial score (nSPS) is 24.1. The van der Waals surface area contributed by atoms with Crippen molar-refractivity contribution in [2.24, 2.45) is 5.92 Å². The highest BCUT2D eigenvalue weighted by Gasteiger charge is 2.60. The van der Waals surface area contributed by atoms with Gasteiger partial charge in [-0.1, -0.05) is 18.5 Å². The van der Waals surface area contributed by atoms with Gasteiger partial charge in [-0.15, -0.1) is 0 Å². The number of allylic oxidation sites excluding steroid dienone is 1. The van der Waals surface area contributed by atoms with Gasteiger partial charge in [-0.25, -0.2) is 0 Å². The third-order valence-corrected chi connectivity index (χ3v) is 5.13. The molecule has 1 aromatic rings. The zero-order valence-electron chi connectivity index (χ0n) is 15.1. The van der Waals surface area contributed by atoms with Crippen molar-refractivity contribution in [3.63, 3.8) is 0 Å². The highest BCUT2D eigenvalue weighted by molar-refractivity contribution is 6.35. The standard InChI is InChI=1S/C18H19ClO7/c1-8-6-9(20)7-10(22-2)18(8)17(21)11-13(26-18)12(19)15(24-4)16(25-5)14(11)23-3/h7-8H,6H2,1-5H3/t8-,18+/m1/s1. The van der Waals surface area contributed by atoms with Crippen LogP contribution in [0.2, 0.25) is 5.02 Å². The molecule has 8 heteroatoms. The topological polar surface area (TPSA) is 80.3 Å². The van der Waals surface area contributed by atoms with Gasteiger partial charge >= 0.3 is 0 Å². The molecule has 1 aliphatic carbocycles. The summed E-state index contributed by atoms with van der Waals surface area (Å²) in [4.78, 5) is 25.4. The Kier molecular flexibility index (Phi) is 4.52. The zero-order valence-corrected chi connectivity index (χ0v) is 15.9. The van der Waals surface area contributed by atoms with Gasteiger partial charge in [-0.2, -0.15) is 0 Å². The van der Waals surface area contributed by atoms with E-state index in [4.69, 9.17) is 35.3 Å². The molecule has 140 valence electrons. The van der Waals surface area contributed by atoms with E-state index in [-0.39, 0.29) is 51.5 Å². The molecule has 0 radical (unpaired) electrons. The van der Waals surface area contributed by atoms with Crippen LogP contribution in [0.15, 0.2) is 11.8 Å². The van der Waals surface area contributed by atoms with Gasteiger partial charge in [0.1, 0.15) is 10.6 Å². The van der Waals surface area contributed by atoms with E-state index in [9.17, 15) is 9.59 Å². The van der Waals surface area contributed by atoms with Crippen molar-refractivity contribution in [1.29, 1.82) is 0 Å². The van der Waals surface area contributed by atoms with E-state index in [1.807, 2.05) is 0 Å². The van der Waals surface area contributed by atoms with Crippen LogP contribution in [-0.4, -0.2) is 45.6 Å². The van der Waals surface area contributed by atoms with Crippen molar-refractivity contribution in [3.8, 4) is 23.0 Å². The number of ether oxygens (including phenoxy) is 5. The Morgan fingerprint density at radius 3 is 2.19 bits per heavy atom. The van der Waals surface area contributed by atoms with Gasteiger partial charge in [-0.05, 0) is 0 Å². The average molecular weight is 383 g/mol. The molecular formula is C18H19ClO7. The summed E-state index contributed by atoms with van der Waals surface area (Å²) in [6.45, 7) is 1.75. The number of carbonyl (C=O) groups excluding carboxylic acids is 2. The summed E-state index contributed by atoms with van der Waals surface area (Å²) in [5.74, 6) is -0.209. The van der Waals surface area contributed by atoms with Crippen LogP contribution in [0.3, 0.4) is 0 Å². The van der Waals surface area contributed by atoms with E-state index in [0.29, 0.717) is 0 Å².